The van der Waals surface area contributed by atoms with E-state index in [9.17, 15) is 23.1 Å². The molecule has 10 heteroatoms. The molecule has 1 heterocycles. The lowest BCUT2D eigenvalue weighted by Gasteiger charge is -2.20. The summed E-state index contributed by atoms with van der Waals surface area (Å²) in [6.45, 7) is 0.212. The van der Waals surface area contributed by atoms with Crippen molar-refractivity contribution in [3.8, 4) is 17.2 Å². The molecule has 1 unspecified atom stereocenters. The van der Waals surface area contributed by atoms with Gasteiger partial charge >= 0.3 is 6.18 Å². The van der Waals surface area contributed by atoms with Gasteiger partial charge in [0, 0.05) is 12.1 Å². The van der Waals surface area contributed by atoms with E-state index in [4.69, 9.17) is 25.8 Å². The van der Waals surface area contributed by atoms with Crippen molar-refractivity contribution in [1.82, 2.24) is 5.32 Å². The molecule has 0 fully saturated rings. The first-order chi connectivity index (χ1) is 13.7. The highest BCUT2D eigenvalue weighted by atomic mass is 35.5. The number of nitrogens with one attached hydrogen (secondary N) is 1. The highest BCUT2D eigenvalue weighted by Crippen LogP contribution is 2.38. The number of rotatable bonds is 6. The molecule has 0 radical (unpaired) electrons. The van der Waals surface area contributed by atoms with Crippen molar-refractivity contribution in [2.75, 3.05) is 26.4 Å². The third-order valence-electron chi connectivity index (χ3n) is 3.96. The largest absolute Gasteiger partial charge is 0.491 e. The predicted octanol–water partition coefficient (Wildman–Crippen LogP) is 3.30. The average molecular weight is 432 g/mol. The van der Waals surface area contributed by atoms with Gasteiger partial charge in [-0.3, -0.25) is 4.79 Å². The summed E-state index contributed by atoms with van der Waals surface area (Å²) in [5.41, 5.74) is -0.640. The summed E-state index contributed by atoms with van der Waals surface area (Å²) in [7, 11) is 0. The van der Waals surface area contributed by atoms with Crippen LogP contribution >= 0.6 is 11.6 Å². The second-order valence-electron chi connectivity index (χ2n) is 6.18. The Morgan fingerprint density at radius 2 is 2.00 bits per heavy atom. The fraction of sp³-hybridized carbons (Fsp3) is 0.316. The third-order valence-corrected chi connectivity index (χ3v) is 4.24. The van der Waals surface area contributed by atoms with E-state index in [0.29, 0.717) is 24.7 Å². The normalized spacial score (nSPS) is 14.2. The van der Waals surface area contributed by atoms with Crippen LogP contribution in [0.3, 0.4) is 0 Å². The van der Waals surface area contributed by atoms with Gasteiger partial charge in [-0.05, 0) is 30.3 Å². The van der Waals surface area contributed by atoms with Gasteiger partial charge in [0.1, 0.15) is 31.7 Å². The van der Waals surface area contributed by atoms with Gasteiger partial charge in [0.05, 0.1) is 10.6 Å². The summed E-state index contributed by atoms with van der Waals surface area (Å²) in [5, 5.41) is 12.7. The van der Waals surface area contributed by atoms with Gasteiger partial charge in [0.25, 0.3) is 5.91 Å². The van der Waals surface area contributed by atoms with Crippen molar-refractivity contribution in [2.24, 2.45) is 0 Å². The van der Waals surface area contributed by atoms with Gasteiger partial charge in [0.2, 0.25) is 0 Å². The van der Waals surface area contributed by atoms with E-state index in [0.717, 1.165) is 12.1 Å². The van der Waals surface area contributed by atoms with E-state index in [2.05, 4.69) is 5.32 Å². The number of alkyl halides is 3. The van der Waals surface area contributed by atoms with Crippen molar-refractivity contribution in [3.63, 3.8) is 0 Å². The number of hydrogen-bond acceptors (Lipinski definition) is 5. The topological polar surface area (TPSA) is 77.0 Å². The maximum Gasteiger partial charge on any atom is 0.416 e. The average Bonchev–Trinajstić information content (AvgIpc) is 2.70. The molecule has 0 saturated carbocycles. The Labute approximate surface area is 169 Å². The monoisotopic (exact) mass is 431 g/mol. The van der Waals surface area contributed by atoms with Crippen LogP contribution in [0.15, 0.2) is 36.4 Å². The zero-order valence-corrected chi connectivity index (χ0v) is 15.7. The van der Waals surface area contributed by atoms with E-state index >= 15 is 0 Å². The van der Waals surface area contributed by atoms with Crippen molar-refractivity contribution < 1.29 is 37.3 Å². The number of benzene rings is 2. The third kappa shape index (κ3) is 5.45. The Kier molecular flexibility index (Phi) is 6.39. The molecule has 29 heavy (non-hydrogen) atoms. The van der Waals surface area contributed by atoms with Gasteiger partial charge in [-0.25, -0.2) is 0 Å². The molecule has 1 amide bonds. The zero-order chi connectivity index (χ0) is 21.0. The number of carbonyl (C=O) groups excluding carboxylic acids is 1. The molecule has 3 rings (SSSR count). The smallest absolute Gasteiger partial charge is 0.416 e. The Balaban J connectivity index is 1.53. The molecule has 2 N–H and O–H groups in total. The fourth-order valence-electron chi connectivity index (χ4n) is 2.57. The first-order valence-electron chi connectivity index (χ1n) is 8.59. The number of carbonyl (C=O) groups is 1. The molecule has 0 aliphatic carbocycles. The SMILES string of the molecule is O=C(NCC(O)COc1cccc(C(F)(F)F)c1)c1cc(Cl)c2c(c1)OCCO2. The number of ether oxygens (including phenoxy) is 3. The lowest BCUT2D eigenvalue weighted by atomic mass is 10.1. The second-order valence-corrected chi connectivity index (χ2v) is 6.59. The second kappa shape index (κ2) is 8.79. The molecular weight excluding hydrogens is 415 g/mol. The molecule has 0 saturated heterocycles. The molecule has 0 spiro atoms. The Hall–Kier alpha value is -2.65. The molecule has 6 nitrogen and oxygen atoms in total. The Morgan fingerprint density at radius 1 is 1.24 bits per heavy atom. The quantitative estimate of drug-likeness (QED) is 0.734. The molecule has 1 atom stereocenters. The van der Waals surface area contributed by atoms with Crippen LogP contribution in [-0.4, -0.2) is 43.5 Å². The van der Waals surface area contributed by atoms with Gasteiger partial charge < -0.3 is 24.6 Å². The molecule has 0 bridgehead atoms. The summed E-state index contributed by atoms with van der Waals surface area (Å²) in [4.78, 5) is 12.3. The standard InChI is InChI=1S/C19H17ClF3NO5/c20-15-6-11(7-16-17(15)28-5-4-27-16)18(26)24-9-13(25)10-29-14-3-1-2-12(8-14)19(21,22)23/h1-3,6-8,13,25H,4-5,9-10H2,(H,24,26). The maximum atomic E-state index is 12.7. The number of aliphatic hydroxyl groups is 1. The first kappa shape index (κ1) is 21.1. The van der Waals surface area contributed by atoms with Crippen LogP contribution in [0.25, 0.3) is 0 Å². The molecule has 2 aromatic rings. The van der Waals surface area contributed by atoms with Crippen molar-refractivity contribution in [3.05, 3.63) is 52.5 Å². The Morgan fingerprint density at radius 3 is 2.76 bits per heavy atom. The highest BCUT2D eigenvalue weighted by molar-refractivity contribution is 6.32. The summed E-state index contributed by atoms with van der Waals surface area (Å²) >= 11 is 6.08. The van der Waals surface area contributed by atoms with Crippen LogP contribution in [0, 0.1) is 0 Å². The van der Waals surface area contributed by atoms with Crippen LogP contribution in [-0.2, 0) is 6.18 Å². The van der Waals surface area contributed by atoms with E-state index in [1.165, 1.54) is 24.3 Å². The van der Waals surface area contributed by atoms with Crippen molar-refractivity contribution >= 4 is 17.5 Å². The first-order valence-corrected chi connectivity index (χ1v) is 8.97. The predicted molar refractivity (Wildman–Crippen MR) is 97.7 cm³/mol. The minimum Gasteiger partial charge on any atom is -0.491 e. The summed E-state index contributed by atoms with van der Waals surface area (Å²) in [6, 6.07) is 7.19. The van der Waals surface area contributed by atoms with Crippen LogP contribution in [0.5, 0.6) is 17.2 Å². The van der Waals surface area contributed by atoms with E-state index < -0.39 is 23.8 Å². The summed E-state index contributed by atoms with van der Waals surface area (Å²) < 4.78 is 54.0. The summed E-state index contributed by atoms with van der Waals surface area (Å²) in [5.74, 6) is 0.164. The molecule has 1 aliphatic heterocycles. The van der Waals surface area contributed by atoms with Crippen LogP contribution in [0.2, 0.25) is 5.02 Å². The molecular formula is C19H17ClF3NO5. The van der Waals surface area contributed by atoms with Gasteiger partial charge in [0.15, 0.2) is 11.5 Å². The molecule has 156 valence electrons. The van der Waals surface area contributed by atoms with Crippen molar-refractivity contribution in [1.29, 1.82) is 0 Å². The van der Waals surface area contributed by atoms with E-state index in [1.54, 1.807) is 0 Å². The number of amides is 1. The van der Waals surface area contributed by atoms with Gasteiger partial charge in [-0.2, -0.15) is 13.2 Å². The number of hydrogen-bond donors (Lipinski definition) is 2. The van der Waals surface area contributed by atoms with E-state index in [1.807, 2.05) is 0 Å². The highest BCUT2D eigenvalue weighted by Gasteiger charge is 2.30. The summed E-state index contributed by atoms with van der Waals surface area (Å²) in [6.07, 6.45) is -5.63. The molecule has 2 aromatic carbocycles. The van der Waals surface area contributed by atoms with Crippen LogP contribution in [0.1, 0.15) is 15.9 Å². The van der Waals surface area contributed by atoms with E-state index in [-0.39, 0.29) is 29.5 Å². The lowest BCUT2D eigenvalue weighted by Crippen LogP contribution is -2.35. The minimum absolute atomic E-state index is 0.0381. The lowest BCUT2D eigenvalue weighted by molar-refractivity contribution is -0.137. The van der Waals surface area contributed by atoms with Crippen LogP contribution in [0.4, 0.5) is 13.2 Å². The fourth-order valence-corrected chi connectivity index (χ4v) is 2.83. The minimum atomic E-state index is -4.49. The van der Waals surface area contributed by atoms with Crippen molar-refractivity contribution in [2.45, 2.75) is 12.3 Å². The number of halogens is 4. The van der Waals surface area contributed by atoms with Gasteiger partial charge in [-0.15, -0.1) is 0 Å². The zero-order valence-electron chi connectivity index (χ0n) is 15.0. The number of aliphatic hydroxyl groups excluding tert-OH is 1. The number of fused-ring (bicyclic) bond motifs is 1. The Bertz CT molecular complexity index is 891. The maximum absolute atomic E-state index is 12.7. The van der Waals surface area contributed by atoms with Crippen LogP contribution < -0.4 is 19.5 Å². The molecule has 1 aliphatic rings. The molecule has 0 aromatic heterocycles. The van der Waals surface area contributed by atoms with Gasteiger partial charge in [-0.1, -0.05) is 17.7 Å².